The molecular weight excluding hydrogens is 356 g/mol. The number of carbonyl (C=O) groups is 1. The van der Waals surface area contributed by atoms with Gasteiger partial charge in [0.05, 0.1) is 26.0 Å². The van der Waals surface area contributed by atoms with Crippen molar-refractivity contribution in [1.82, 2.24) is 9.78 Å². The third-order valence-electron chi connectivity index (χ3n) is 4.17. The number of benzene rings is 2. The van der Waals surface area contributed by atoms with Gasteiger partial charge in [0.2, 0.25) is 0 Å². The summed E-state index contributed by atoms with van der Waals surface area (Å²) < 4.78 is 18.0. The van der Waals surface area contributed by atoms with Crippen LogP contribution in [0.2, 0.25) is 0 Å². The summed E-state index contributed by atoms with van der Waals surface area (Å²) in [6.07, 6.45) is 6.54. The lowest BCUT2D eigenvalue weighted by Crippen LogP contribution is -1.99. The summed E-state index contributed by atoms with van der Waals surface area (Å²) in [6, 6.07) is 13.1. The highest BCUT2D eigenvalue weighted by Gasteiger charge is 2.07. The van der Waals surface area contributed by atoms with Crippen LogP contribution in [-0.2, 0) is 13.7 Å². The van der Waals surface area contributed by atoms with E-state index in [-0.39, 0.29) is 5.78 Å². The van der Waals surface area contributed by atoms with Crippen LogP contribution in [0.25, 0.3) is 6.08 Å². The Balaban J connectivity index is 1.71. The molecule has 0 saturated heterocycles. The van der Waals surface area contributed by atoms with Crippen LogP contribution in [0.1, 0.15) is 21.5 Å². The number of hydrogen-bond donors (Lipinski definition) is 0. The van der Waals surface area contributed by atoms with Gasteiger partial charge in [-0.25, -0.2) is 0 Å². The fourth-order valence-electron chi connectivity index (χ4n) is 2.66. The summed E-state index contributed by atoms with van der Waals surface area (Å²) in [7, 11) is 5.02. The summed E-state index contributed by atoms with van der Waals surface area (Å²) in [4.78, 5) is 12.2. The Morgan fingerprint density at radius 3 is 2.46 bits per heavy atom. The lowest BCUT2D eigenvalue weighted by molar-refractivity contribution is 0.104. The van der Waals surface area contributed by atoms with Gasteiger partial charge in [-0.1, -0.05) is 12.1 Å². The average molecular weight is 378 g/mol. The van der Waals surface area contributed by atoms with Crippen molar-refractivity contribution in [2.45, 2.75) is 6.61 Å². The molecule has 0 spiro atoms. The topological polar surface area (TPSA) is 62.6 Å². The summed E-state index contributed by atoms with van der Waals surface area (Å²) >= 11 is 0. The molecule has 3 rings (SSSR count). The fraction of sp³-hybridized carbons (Fsp3) is 0.182. The van der Waals surface area contributed by atoms with Gasteiger partial charge in [0, 0.05) is 18.8 Å². The molecule has 0 saturated carbocycles. The first kappa shape index (κ1) is 19.2. The molecule has 0 aliphatic carbocycles. The Morgan fingerprint density at radius 2 is 1.82 bits per heavy atom. The number of rotatable bonds is 8. The van der Waals surface area contributed by atoms with Gasteiger partial charge in [0.1, 0.15) is 23.9 Å². The highest BCUT2D eigenvalue weighted by Crippen LogP contribution is 2.24. The molecule has 6 nitrogen and oxygen atoms in total. The van der Waals surface area contributed by atoms with E-state index in [4.69, 9.17) is 14.2 Å². The van der Waals surface area contributed by atoms with Crippen LogP contribution in [-0.4, -0.2) is 29.8 Å². The molecule has 0 unspecified atom stereocenters. The van der Waals surface area contributed by atoms with Crippen LogP contribution < -0.4 is 14.2 Å². The second kappa shape index (κ2) is 8.90. The zero-order valence-corrected chi connectivity index (χ0v) is 16.1. The molecule has 0 atom stereocenters. The molecule has 144 valence electrons. The number of ether oxygens (including phenoxy) is 3. The molecule has 2 aromatic carbocycles. The first-order valence-electron chi connectivity index (χ1n) is 8.74. The SMILES string of the molecule is COc1ccc(OCc2cc(/C=C/C(=O)c3cnn(C)c3)ccc2OC)cc1. The molecule has 28 heavy (non-hydrogen) atoms. The van der Waals surface area contributed by atoms with Gasteiger partial charge in [0.25, 0.3) is 0 Å². The molecule has 1 aromatic heterocycles. The van der Waals surface area contributed by atoms with Crippen LogP contribution in [0.3, 0.4) is 0 Å². The number of aryl methyl sites for hydroxylation is 1. The van der Waals surface area contributed by atoms with E-state index < -0.39 is 0 Å². The van der Waals surface area contributed by atoms with Crippen LogP contribution in [0.4, 0.5) is 0 Å². The van der Waals surface area contributed by atoms with Crippen molar-refractivity contribution in [1.29, 1.82) is 0 Å². The van der Waals surface area contributed by atoms with Crippen molar-refractivity contribution >= 4 is 11.9 Å². The minimum atomic E-state index is -0.0973. The first-order chi connectivity index (χ1) is 13.6. The van der Waals surface area contributed by atoms with E-state index in [1.807, 2.05) is 42.5 Å². The Bertz CT molecular complexity index is 974. The lowest BCUT2D eigenvalue weighted by Gasteiger charge is -2.11. The highest BCUT2D eigenvalue weighted by atomic mass is 16.5. The smallest absolute Gasteiger partial charge is 0.189 e. The zero-order chi connectivity index (χ0) is 19.9. The van der Waals surface area contributed by atoms with E-state index in [1.54, 1.807) is 44.4 Å². The monoisotopic (exact) mass is 378 g/mol. The Morgan fingerprint density at radius 1 is 1.07 bits per heavy atom. The van der Waals surface area contributed by atoms with Gasteiger partial charge in [-0.15, -0.1) is 0 Å². The summed E-state index contributed by atoms with van der Waals surface area (Å²) in [6.45, 7) is 0.341. The van der Waals surface area contributed by atoms with Gasteiger partial charge in [0.15, 0.2) is 5.78 Å². The van der Waals surface area contributed by atoms with Gasteiger partial charge in [-0.2, -0.15) is 5.10 Å². The summed E-state index contributed by atoms with van der Waals surface area (Å²) in [5.74, 6) is 2.13. The molecule has 0 radical (unpaired) electrons. The van der Waals surface area contributed by atoms with Gasteiger partial charge < -0.3 is 14.2 Å². The first-order valence-corrected chi connectivity index (χ1v) is 8.74. The maximum absolute atomic E-state index is 12.2. The number of aromatic nitrogens is 2. The maximum atomic E-state index is 12.2. The van der Waals surface area contributed by atoms with Crippen molar-refractivity contribution in [3.63, 3.8) is 0 Å². The van der Waals surface area contributed by atoms with Crippen molar-refractivity contribution in [3.8, 4) is 17.2 Å². The lowest BCUT2D eigenvalue weighted by atomic mass is 10.1. The molecule has 6 heteroatoms. The number of carbonyl (C=O) groups excluding carboxylic acids is 1. The molecule has 0 aliphatic rings. The Labute approximate surface area is 164 Å². The van der Waals surface area contributed by atoms with Gasteiger partial charge in [-0.05, 0) is 48.0 Å². The molecule has 0 fully saturated rings. The van der Waals surface area contributed by atoms with E-state index in [0.29, 0.717) is 12.2 Å². The predicted octanol–water partition coefficient (Wildman–Crippen LogP) is 3.91. The Kier molecular flexibility index (Phi) is 6.11. The van der Waals surface area contributed by atoms with E-state index in [9.17, 15) is 4.79 Å². The quantitative estimate of drug-likeness (QED) is 0.439. The maximum Gasteiger partial charge on any atom is 0.189 e. The third-order valence-corrected chi connectivity index (χ3v) is 4.17. The number of allylic oxidation sites excluding steroid dienone is 1. The summed E-state index contributed by atoms with van der Waals surface area (Å²) in [5, 5.41) is 4.01. The predicted molar refractivity (Wildman–Crippen MR) is 107 cm³/mol. The summed E-state index contributed by atoms with van der Waals surface area (Å²) in [5.41, 5.74) is 2.32. The largest absolute Gasteiger partial charge is 0.497 e. The minimum absolute atomic E-state index is 0.0973. The Hall–Kier alpha value is -3.54. The van der Waals surface area contributed by atoms with Gasteiger partial charge >= 0.3 is 0 Å². The van der Waals surface area contributed by atoms with Gasteiger partial charge in [-0.3, -0.25) is 9.48 Å². The van der Waals surface area contributed by atoms with E-state index >= 15 is 0 Å². The second-order valence-corrected chi connectivity index (χ2v) is 6.14. The van der Waals surface area contributed by atoms with Crippen LogP contribution >= 0.6 is 0 Å². The van der Waals surface area contributed by atoms with E-state index in [1.165, 1.54) is 6.08 Å². The number of ketones is 1. The van der Waals surface area contributed by atoms with Crippen LogP contribution in [0.5, 0.6) is 17.2 Å². The number of nitrogens with zero attached hydrogens (tertiary/aromatic N) is 2. The molecule has 0 bridgehead atoms. The standard InChI is InChI=1S/C22H22N2O4/c1-24-14-18(13-23-24)21(25)10-4-16-5-11-22(27-3)17(12-16)15-28-20-8-6-19(26-2)7-9-20/h4-14H,15H2,1-3H3/b10-4+. The van der Waals surface area contributed by atoms with E-state index in [2.05, 4.69) is 5.10 Å². The number of methoxy groups -OCH3 is 2. The van der Waals surface area contributed by atoms with Crippen molar-refractivity contribution in [2.75, 3.05) is 14.2 Å². The highest BCUT2D eigenvalue weighted by molar-refractivity contribution is 6.06. The van der Waals surface area contributed by atoms with Crippen molar-refractivity contribution in [3.05, 3.63) is 77.6 Å². The molecule has 1 heterocycles. The van der Waals surface area contributed by atoms with Crippen LogP contribution in [0.15, 0.2) is 60.9 Å². The average Bonchev–Trinajstić information content (AvgIpc) is 3.17. The molecule has 0 amide bonds. The molecular formula is C22H22N2O4. The second-order valence-electron chi connectivity index (χ2n) is 6.14. The normalized spacial score (nSPS) is 10.8. The fourth-order valence-corrected chi connectivity index (χ4v) is 2.66. The molecule has 3 aromatic rings. The zero-order valence-electron chi connectivity index (χ0n) is 16.1. The van der Waals surface area contributed by atoms with Crippen molar-refractivity contribution in [2.24, 2.45) is 7.05 Å². The number of hydrogen-bond acceptors (Lipinski definition) is 5. The van der Waals surface area contributed by atoms with E-state index in [0.717, 1.165) is 28.4 Å². The van der Waals surface area contributed by atoms with Crippen molar-refractivity contribution < 1.29 is 19.0 Å². The van der Waals surface area contributed by atoms with Crippen LogP contribution in [0, 0.1) is 0 Å². The minimum Gasteiger partial charge on any atom is -0.497 e. The third kappa shape index (κ3) is 4.79. The molecule has 0 N–H and O–H groups in total. The molecule has 0 aliphatic heterocycles.